The Morgan fingerprint density at radius 3 is 0.921 bits per heavy atom. The van der Waals surface area contributed by atoms with Crippen molar-refractivity contribution in [1.82, 2.24) is 18.3 Å². The standard InChI is InChI=1S/C66H37BN10O12/c78-72(79)43-34-57(74(82)83)63(58(35-43)75(84)85)67(64-59(76(86)87)36-44(73(80)81)37-60(64)77(88)89)38-31-41(68-53-25-13-9-21-49(53)61-55(68)29-27-47-45-19-7-11-23-51(45)70(65(47)61)39-15-3-1-4-16-39)33-42(32-38)69-54-26-14-10-22-50(54)62-56(69)30-28-48-46-20-8-12-24-52(46)71(66(48)62)40-17-5-2-6-18-40/h1-37H. The summed E-state index contributed by atoms with van der Waals surface area (Å²) in [6.07, 6.45) is 0. The van der Waals surface area contributed by atoms with Crippen LogP contribution in [0.5, 0.6) is 0 Å². The first-order valence-corrected chi connectivity index (χ1v) is 27.6. The number of hydrogen-bond acceptors (Lipinski definition) is 12. The number of para-hydroxylation sites is 6. The number of nitrogens with zero attached hydrogens (tertiary/aromatic N) is 10. The van der Waals surface area contributed by atoms with E-state index < -0.39 is 81.3 Å². The Morgan fingerprint density at radius 1 is 0.270 bits per heavy atom. The van der Waals surface area contributed by atoms with E-state index in [4.69, 9.17) is 0 Å². The fraction of sp³-hybridized carbons (Fsp3) is 0. The number of non-ortho nitro benzene ring substituents is 2. The van der Waals surface area contributed by atoms with Gasteiger partial charge in [0.2, 0.25) is 0 Å². The molecule has 0 amide bonds. The Bertz CT molecular complexity index is 5270. The van der Waals surface area contributed by atoms with Gasteiger partial charge >= 0.3 is 0 Å². The van der Waals surface area contributed by atoms with E-state index in [0.717, 1.165) is 76.5 Å². The number of nitro benzene ring substituents is 6. The van der Waals surface area contributed by atoms with Crippen LogP contribution < -0.4 is 16.4 Å². The third-order valence-electron chi connectivity index (χ3n) is 16.8. The van der Waals surface area contributed by atoms with Crippen LogP contribution >= 0.6 is 0 Å². The van der Waals surface area contributed by atoms with Crippen molar-refractivity contribution >= 4 is 144 Å². The minimum atomic E-state index is -2.35. The average molecular weight is 1170 g/mol. The SMILES string of the molecule is O=[N+]([O-])c1cc([N+](=O)[O-])c(B(c2cc(-n3c4ccccc4c4c3ccc3c5ccccc5n(-c5ccccc5)c34)cc(-n3c4ccccc4c4c3ccc3c5ccccc5n(-c5ccccc5)c34)c2)c2c([N+](=O)[O-])cc([N+](=O)[O-])cc2[N+](=O)[O-])c([N+](=O)[O-])c1. The van der Waals surface area contributed by atoms with Crippen LogP contribution in [0.4, 0.5) is 34.1 Å². The van der Waals surface area contributed by atoms with E-state index in [1.54, 1.807) is 0 Å². The van der Waals surface area contributed by atoms with Gasteiger partial charge in [-0.1, -0.05) is 127 Å². The molecule has 15 aromatic rings. The zero-order valence-electron chi connectivity index (χ0n) is 45.8. The Kier molecular flexibility index (Phi) is 11.8. The predicted octanol–water partition coefficient (Wildman–Crippen LogP) is 14.0. The van der Waals surface area contributed by atoms with E-state index in [1.165, 1.54) is 12.1 Å². The number of hydrogen-bond donors (Lipinski definition) is 0. The van der Waals surface area contributed by atoms with Gasteiger partial charge in [0.05, 0.1) is 109 Å². The summed E-state index contributed by atoms with van der Waals surface area (Å²) >= 11 is 0. The van der Waals surface area contributed by atoms with E-state index in [9.17, 15) is 60.7 Å². The number of nitro groups is 6. The Morgan fingerprint density at radius 2 is 0.584 bits per heavy atom. The van der Waals surface area contributed by atoms with Crippen LogP contribution in [0.3, 0.4) is 0 Å². The van der Waals surface area contributed by atoms with Gasteiger partial charge in [-0.2, -0.15) is 0 Å². The molecule has 89 heavy (non-hydrogen) atoms. The molecule has 0 bridgehead atoms. The third-order valence-corrected chi connectivity index (χ3v) is 16.8. The van der Waals surface area contributed by atoms with Crippen molar-refractivity contribution in [2.75, 3.05) is 0 Å². The maximum absolute atomic E-state index is 13.6. The van der Waals surface area contributed by atoms with E-state index >= 15 is 0 Å². The van der Waals surface area contributed by atoms with Crippen molar-refractivity contribution in [2.45, 2.75) is 0 Å². The number of benzene rings is 11. The van der Waals surface area contributed by atoms with E-state index in [2.05, 4.69) is 9.13 Å². The number of rotatable bonds is 13. The van der Waals surface area contributed by atoms with Crippen molar-refractivity contribution in [3.63, 3.8) is 0 Å². The van der Waals surface area contributed by atoms with Crippen LogP contribution in [0.2, 0.25) is 0 Å². The lowest BCUT2D eigenvalue weighted by Crippen LogP contribution is -2.55. The van der Waals surface area contributed by atoms with Crippen molar-refractivity contribution in [2.24, 2.45) is 0 Å². The Hall–Kier alpha value is -12.9. The highest BCUT2D eigenvalue weighted by Gasteiger charge is 2.47. The number of aromatic nitrogens is 4. The molecule has 4 heterocycles. The summed E-state index contributed by atoms with van der Waals surface area (Å²) in [6.45, 7) is -2.35. The third kappa shape index (κ3) is 7.92. The minimum Gasteiger partial charge on any atom is -0.309 e. The second-order valence-electron chi connectivity index (χ2n) is 21.3. The molecular formula is C66H37BN10O12. The molecule has 15 rings (SSSR count). The average Bonchev–Trinajstić information content (AvgIpc) is 1.60. The normalized spacial score (nSPS) is 11.7. The van der Waals surface area contributed by atoms with Gasteiger partial charge in [0.25, 0.3) is 40.8 Å². The first-order chi connectivity index (χ1) is 43.2. The van der Waals surface area contributed by atoms with E-state index in [-0.39, 0.29) is 16.8 Å². The van der Waals surface area contributed by atoms with E-state index in [0.29, 0.717) is 46.3 Å². The van der Waals surface area contributed by atoms with Gasteiger partial charge in [-0.25, -0.2) is 0 Å². The van der Waals surface area contributed by atoms with Crippen LogP contribution in [-0.4, -0.2) is 54.5 Å². The summed E-state index contributed by atoms with van der Waals surface area (Å²) in [4.78, 5) is 72.7. The molecule has 0 fully saturated rings. The Balaban J connectivity index is 1.16. The lowest BCUT2D eigenvalue weighted by atomic mass is 9.35. The summed E-state index contributed by atoms with van der Waals surface area (Å²) in [5.74, 6) is 0. The summed E-state index contributed by atoms with van der Waals surface area (Å²) in [5.41, 5.74) is -1.78. The molecule has 22 nitrogen and oxygen atoms in total. The summed E-state index contributed by atoms with van der Waals surface area (Å²) < 4.78 is 8.12. The van der Waals surface area contributed by atoms with Gasteiger partial charge < -0.3 is 18.3 Å². The van der Waals surface area contributed by atoms with Crippen LogP contribution in [-0.2, 0) is 0 Å². The fourth-order valence-electron chi connectivity index (χ4n) is 13.4. The summed E-state index contributed by atoms with van der Waals surface area (Å²) in [7, 11) is 0. The maximum atomic E-state index is 13.6. The van der Waals surface area contributed by atoms with Crippen molar-refractivity contribution < 1.29 is 29.5 Å². The lowest BCUT2D eigenvalue weighted by molar-refractivity contribution is -0.401. The molecular weight excluding hydrogens is 1140 g/mol. The highest BCUT2D eigenvalue weighted by Crippen LogP contribution is 2.45. The monoisotopic (exact) mass is 1170 g/mol. The van der Waals surface area contributed by atoms with Crippen molar-refractivity contribution in [3.05, 3.63) is 285 Å². The predicted molar refractivity (Wildman–Crippen MR) is 341 cm³/mol. The van der Waals surface area contributed by atoms with E-state index in [1.807, 2.05) is 197 Å². The first-order valence-electron chi connectivity index (χ1n) is 27.6. The van der Waals surface area contributed by atoms with Crippen LogP contribution in [0.15, 0.2) is 224 Å². The smallest absolute Gasteiger partial charge is 0.283 e. The van der Waals surface area contributed by atoms with Gasteiger partial charge in [-0.05, 0) is 78.9 Å². The maximum Gasteiger partial charge on any atom is 0.283 e. The topological polar surface area (TPSA) is 279 Å². The van der Waals surface area contributed by atoms with Gasteiger partial charge in [0.15, 0.2) is 0 Å². The molecule has 0 unspecified atom stereocenters. The Labute approximate surface area is 498 Å². The molecule has 0 saturated heterocycles. The molecule has 0 N–H and O–H groups in total. The largest absolute Gasteiger partial charge is 0.309 e. The highest BCUT2D eigenvalue weighted by molar-refractivity contribution is 6.98. The van der Waals surface area contributed by atoms with Crippen LogP contribution in [0.1, 0.15) is 0 Å². The zero-order chi connectivity index (χ0) is 61.3. The summed E-state index contributed by atoms with van der Waals surface area (Å²) in [5, 5.41) is 86.2. The van der Waals surface area contributed by atoms with Gasteiger partial charge in [-0.15, -0.1) is 0 Å². The highest BCUT2D eigenvalue weighted by atomic mass is 16.6. The molecule has 0 spiro atoms. The van der Waals surface area contributed by atoms with Gasteiger partial charge in [-0.3, -0.25) is 60.7 Å². The van der Waals surface area contributed by atoms with Crippen molar-refractivity contribution in [1.29, 1.82) is 0 Å². The molecule has 0 aliphatic carbocycles. The first kappa shape index (κ1) is 52.9. The number of fused-ring (bicyclic) bond motifs is 14. The quantitative estimate of drug-likeness (QED) is 0.0592. The zero-order valence-corrected chi connectivity index (χ0v) is 45.8. The molecule has 0 radical (unpaired) electrons. The second kappa shape index (κ2) is 19.9. The van der Waals surface area contributed by atoms with Crippen molar-refractivity contribution in [3.8, 4) is 22.7 Å². The molecule has 11 aromatic carbocycles. The molecule has 0 aliphatic rings. The van der Waals surface area contributed by atoms with Gasteiger partial charge in [0, 0.05) is 65.8 Å². The van der Waals surface area contributed by atoms with Crippen LogP contribution in [0, 0.1) is 60.7 Å². The molecule has 426 valence electrons. The second-order valence-corrected chi connectivity index (χ2v) is 21.3. The summed E-state index contributed by atoms with van der Waals surface area (Å²) in [6, 6.07) is 64.8. The molecule has 0 aliphatic heterocycles. The molecule has 0 saturated carbocycles. The van der Waals surface area contributed by atoms with Gasteiger partial charge in [0.1, 0.15) is 0 Å². The lowest BCUT2D eigenvalue weighted by Gasteiger charge is -2.20. The molecule has 0 atom stereocenters. The molecule has 4 aromatic heterocycles. The fourth-order valence-corrected chi connectivity index (χ4v) is 13.4. The molecule has 23 heteroatoms. The van der Waals surface area contributed by atoms with Crippen LogP contribution in [0.25, 0.3) is 110 Å². The minimum absolute atomic E-state index is 0.236.